The minimum atomic E-state index is -0.269. The van der Waals surface area contributed by atoms with E-state index in [0.717, 1.165) is 16.9 Å². The third kappa shape index (κ3) is 3.55. The topological polar surface area (TPSA) is 77.6 Å². The van der Waals surface area contributed by atoms with Crippen molar-refractivity contribution in [3.05, 3.63) is 89.5 Å². The zero-order valence-electron chi connectivity index (χ0n) is 15.7. The molecule has 0 fully saturated rings. The Labute approximate surface area is 162 Å². The minimum absolute atomic E-state index is 0.269. The smallest absolute Gasteiger partial charge is 0.261 e. The van der Waals surface area contributed by atoms with Crippen LogP contribution in [0.5, 0.6) is 0 Å². The van der Waals surface area contributed by atoms with Crippen molar-refractivity contribution in [2.45, 2.75) is 20.4 Å². The lowest BCUT2D eigenvalue weighted by Crippen LogP contribution is -2.15. The van der Waals surface area contributed by atoms with Gasteiger partial charge in [-0.15, -0.1) is 5.10 Å². The van der Waals surface area contributed by atoms with E-state index in [9.17, 15) is 4.79 Å². The molecule has 0 saturated heterocycles. The van der Waals surface area contributed by atoms with E-state index < -0.39 is 0 Å². The highest BCUT2D eigenvalue weighted by molar-refractivity contribution is 6.05. The number of benzene rings is 2. The molecule has 1 N–H and O–H groups in total. The van der Waals surface area contributed by atoms with Gasteiger partial charge in [0.2, 0.25) is 5.95 Å². The summed E-state index contributed by atoms with van der Waals surface area (Å²) >= 11 is 0. The van der Waals surface area contributed by atoms with Gasteiger partial charge in [-0.3, -0.25) is 10.1 Å². The highest BCUT2D eigenvalue weighted by atomic mass is 16.1. The van der Waals surface area contributed by atoms with Gasteiger partial charge in [0.1, 0.15) is 6.33 Å². The number of aryl methyl sites for hydroxylation is 1. The minimum Gasteiger partial charge on any atom is -0.289 e. The van der Waals surface area contributed by atoms with Crippen LogP contribution in [0.3, 0.4) is 0 Å². The largest absolute Gasteiger partial charge is 0.289 e. The average Bonchev–Trinajstić information content (AvgIpc) is 3.26. The molecular weight excluding hydrogens is 352 g/mol. The van der Waals surface area contributed by atoms with E-state index >= 15 is 0 Å². The number of aromatic nitrogens is 5. The Morgan fingerprint density at radius 3 is 2.36 bits per heavy atom. The lowest BCUT2D eigenvalue weighted by Gasteiger charge is -2.05. The van der Waals surface area contributed by atoms with Crippen molar-refractivity contribution < 1.29 is 4.79 Å². The molecule has 7 heteroatoms. The highest BCUT2D eigenvalue weighted by Crippen LogP contribution is 2.18. The molecule has 7 nitrogen and oxygen atoms in total. The molecule has 0 aliphatic rings. The number of carbonyl (C=O) groups is 1. The predicted octanol–water partition coefficient (Wildman–Crippen LogP) is 3.38. The second-order valence-electron chi connectivity index (χ2n) is 6.50. The fourth-order valence-electron chi connectivity index (χ4n) is 3.15. The van der Waals surface area contributed by atoms with E-state index in [1.165, 1.54) is 0 Å². The number of anilines is 1. The molecule has 2 heterocycles. The van der Waals surface area contributed by atoms with Crippen LogP contribution in [0, 0.1) is 13.8 Å². The van der Waals surface area contributed by atoms with Crippen LogP contribution < -0.4 is 5.32 Å². The zero-order chi connectivity index (χ0) is 19.5. The first kappa shape index (κ1) is 17.7. The molecule has 0 saturated carbocycles. The van der Waals surface area contributed by atoms with Gasteiger partial charge in [-0.2, -0.15) is 5.10 Å². The maximum atomic E-state index is 12.8. The van der Waals surface area contributed by atoms with Crippen LogP contribution in [-0.2, 0) is 6.54 Å². The van der Waals surface area contributed by atoms with Crippen LogP contribution in [0.1, 0.15) is 27.3 Å². The van der Waals surface area contributed by atoms with E-state index in [4.69, 9.17) is 0 Å². The quantitative estimate of drug-likeness (QED) is 0.583. The number of rotatable bonds is 5. The molecule has 0 aliphatic heterocycles. The fraction of sp³-hybridized carbons (Fsp3) is 0.143. The molecule has 0 radical (unpaired) electrons. The van der Waals surface area contributed by atoms with Gasteiger partial charge in [0, 0.05) is 0 Å². The number of hydrogen-bond acceptors (Lipinski definition) is 4. The second-order valence-corrected chi connectivity index (χ2v) is 6.50. The number of amides is 1. The van der Waals surface area contributed by atoms with E-state index in [0.29, 0.717) is 17.8 Å². The number of nitrogens with one attached hydrogen (secondary N) is 1. The van der Waals surface area contributed by atoms with Gasteiger partial charge >= 0.3 is 0 Å². The highest BCUT2D eigenvalue weighted by Gasteiger charge is 2.20. The monoisotopic (exact) mass is 372 g/mol. The number of carbonyl (C=O) groups excluding carboxylic acids is 1. The molecular formula is C21H20N6O. The summed E-state index contributed by atoms with van der Waals surface area (Å²) in [6.45, 7) is 4.29. The molecule has 0 atom stereocenters. The maximum absolute atomic E-state index is 12.8. The Balaban J connectivity index is 1.52. The first-order chi connectivity index (χ1) is 13.6. The summed E-state index contributed by atoms with van der Waals surface area (Å²) in [6, 6.07) is 19.7. The zero-order valence-corrected chi connectivity index (χ0v) is 15.7. The second kappa shape index (κ2) is 7.48. The molecule has 28 heavy (non-hydrogen) atoms. The van der Waals surface area contributed by atoms with Gasteiger partial charge in [0.25, 0.3) is 5.91 Å². The van der Waals surface area contributed by atoms with Crippen LogP contribution in [0.15, 0.2) is 67.0 Å². The molecule has 4 aromatic rings. The van der Waals surface area contributed by atoms with Crippen LogP contribution in [0.25, 0.3) is 5.69 Å². The van der Waals surface area contributed by atoms with Crippen molar-refractivity contribution in [3.63, 3.8) is 0 Å². The predicted molar refractivity (Wildman–Crippen MR) is 107 cm³/mol. The Kier molecular flexibility index (Phi) is 4.72. The summed E-state index contributed by atoms with van der Waals surface area (Å²) in [5.41, 5.74) is 3.98. The van der Waals surface area contributed by atoms with Crippen LogP contribution in [0.4, 0.5) is 5.95 Å². The third-order valence-corrected chi connectivity index (χ3v) is 4.47. The summed E-state index contributed by atoms with van der Waals surface area (Å²) in [5.74, 6) is 0.00170. The van der Waals surface area contributed by atoms with Crippen LogP contribution >= 0.6 is 0 Å². The Morgan fingerprint density at radius 2 is 1.64 bits per heavy atom. The van der Waals surface area contributed by atoms with E-state index in [1.807, 2.05) is 74.5 Å². The van der Waals surface area contributed by atoms with Crippen molar-refractivity contribution >= 4 is 11.9 Å². The standard InChI is InChI=1S/C21H20N6O/c1-15-19(16(2)27(24-15)18-11-7-4-8-12-18)20(28)23-21-22-14-26(25-21)13-17-9-5-3-6-10-17/h3-12,14H,13H2,1-2H3,(H,23,25,28). The van der Waals surface area contributed by atoms with Crippen molar-refractivity contribution in [3.8, 4) is 5.69 Å². The Morgan fingerprint density at radius 1 is 0.964 bits per heavy atom. The third-order valence-electron chi connectivity index (χ3n) is 4.47. The first-order valence-corrected chi connectivity index (χ1v) is 8.98. The molecule has 140 valence electrons. The van der Waals surface area contributed by atoms with Crippen LogP contribution in [0.2, 0.25) is 0 Å². The average molecular weight is 372 g/mol. The summed E-state index contributed by atoms with van der Waals surface area (Å²) in [4.78, 5) is 17.0. The number of hydrogen-bond donors (Lipinski definition) is 1. The number of para-hydroxylation sites is 1. The summed E-state index contributed by atoms with van der Waals surface area (Å²) in [5, 5.41) is 11.6. The molecule has 1 amide bonds. The van der Waals surface area contributed by atoms with Gasteiger partial charge in [-0.05, 0) is 31.5 Å². The molecule has 0 bridgehead atoms. The lowest BCUT2D eigenvalue weighted by atomic mass is 10.2. The van der Waals surface area contributed by atoms with Crippen molar-refractivity contribution in [1.29, 1.82) is 0 Å². The van der Waals surface area contributed by atoms with Crippen molar-refractivity contribution in [2.24, 2.45) is 0 Å². The van der Waals surface area contributed by atoms with Gasteiger partial charge < -0.3 is 0 Å². The summed E-state index contributed by atoms with van der Waals surface area (Å²) in [6.07, 6.45) is 1.61. The van der Waals surface area contributed by atoms with Gasteiger partial charge in [0.15, 0.2) is 0 Å². The fourth-order valence-corrected chi connectivity index (χ4v) is 3.15. The van der Waals surface area contributed by atoms with E-state index in [1.54, 1.807) is 15.7 Å². The molecule has 0 spiro atoms. The maximum Gasteiger partial charge on any atom is 0.261 e. The molecule has 2 aromatic carbocycles. The van der Waals surface area contributed by atoms with Crippen molar-refractivity contribution in [1.82, 2.24) is 24.5 Å². The summed E-state index contributed by atoms with van der Waals surface area (Å²) < 4.78 is 3.46. The number of nitrogens with zero attached hydrogens (tertiary/aromatic N) is 5. The lowest BCUT2D eigenvalue weighted by molar-refractivity contribution is 0.102. The van der Waals surface area contributed by atoms with Crippen molar-refractivity contribution in [2.75, 3.05) is 5.32 Å². The molecule has 0 aliphatic carbocycles. The first-order valence-electron chi connectivity index (χ1n) is 8.98. The van der Waals surface area contributed by atoms with Gasteiger partial charge in [0.05, 0.1) is 29.2 Å². The molecule has 4 rings (SSSR count). The van der Waals surface area contributed by atoms with E-state index in [-0.39, 0.29) is 11.9 Å². The molecule has 0 unspecified atom stereocenters. The normalized spacial score (nSPS) is 10.8. The van der Waals surface area contributed by atoms with Gasteiger partial charge in [-0.1, -0.05) is 48.5 Å². The van der Waals surface area contributed by atoms with E-state index in [2.05, 4.69) is 20.5 Å². The Hall–Kier alpha value is -3.74. The van der Waals surface area contributed by atoms with Crippen LogP contribution in [-0.4, -0.2) is 30.5 Å². The SMILES string of the molecule is Cc1nn(-c2ccccc2)c(C)c1C(=O)Nc1ncn(Cc2ccccc2)n1. The Bertz CT molecular complexity index is 1100. The summed E-state index contributed by atoms with van der Waals surface area (Å²) in [7, 11) is 0. The molecule has 2 aromatic heterocycles. The van der Waals surface area contributed by atoms with Gasteiger partial charge in [-0.25, -0.2) is 14.3 Å².